The highest BCUT2D eigenvalue weighted by Gasteiger charge is 2.18. The highest BCUT2D eigenvalue weighted by atomic mass is 19.1. The van der Waals surface area contributed by atoms with Crippen molar-refractivity contribution in [2.75, 3.05) is 18.2 Å². The molecule has 1 unspecified atom stereocenters. The first-order valence-corrected chi connectivity index (χ1v) is 6.26. The molecule has 1 aromatic heterocycles. The molecule has 0 amide bonds. The summed E-state index contributed by atoms with van der Waals surface area (Å²) >= 11 is 0. The average Bonchev–Trinajstić information content (AvgIpc) is 2.72. The number of anilines is 2. The molecular weight excluding hydrogens is 261 g/mol. The maximum atomic E-state index is 13.9. The lowest BCUT2D eigenvalue weighted by Gasteiger charge is -2.17. The number of aryl methyl sites for hydroxylation is 2. The molecule has 0 saturated carbocycles. The average molecular weight is 279 g/mol. The van der Waals surface area contributed by atoms with Gasteiger partial charge in [0.1, 0.15) is 17.3 Å². The van der Waals surface area contributed by atoms with Crippen LogP contribution < -0.4 is 15.8 Å². The van der Waals surface area contributed by atoms with Crippen molar-refractivity contribution in [1.29, 1.82) is 0 Å². The number of ether oxygens (including phenoxy) is 1. The summed E-state index contributed by atoms with van der Waals surface area (Å²) in [7, 11) is 1.49. The zero-order valence-corrected chi connectivity index (χ0v) is 12.0. The van der Waals surface area contributed by atoms with E-state index in [1.165, 1.54) is 13.2 Å². The van der Waals surface area contributed by atoms with E-state index < -0.39 is 5.82 Å². The van der Waals surface area contributed by atoms with Gasteiger partial charge in [-0.1, -0.05) is 5.16 Å². The van der Waals surface area contributed by atoms with Crippen molar-refractivity contribution in [3.63, 3.8) is 0 Å². The van der Waals surface area contributed by atoms with Crippen LogP contribution >= 0.6 is 0 Å². The molecular formula is C14H18FN3O2. The summed E-state index contributed by atoms with van der Waals surface area (Å²) in [4.78, 5) is 0. The molecule has 3 N–H and O–H groups in total. The second-order valence-corrected chi connectivity index (χ2v) is 4.68. The number of rotatable bonds is 4. The summed E-state index contributed by atoms with van der Waals surface area (Å²) in [5.74, 6) is 0.715. The number of nitrogens with zero attached hydrogens (tertiary/aromatic N) is 1. The maximum Gasteiger partial charge on any atom is 0.148 e. The van der Waals surface area contributed by atoms with Crippen LogP contribution in [0.1, 0.15) is 30.0 Å². The predicted molar refractivity (Wildman–Crippen MR) is 75.4 cm³/mol. The zero-order valence-electron chi connectivity index (χ0n) is 12.0. The second-order valence-electron chi connectivity index (χ2n) is 4.68. The Hall–Kier alpha value is -2.24. The first-order valence-electron chi connectivity index (χ1n) is 6.26. The highest BCUT2D eigenvalue weighted by Crippen LogP contribution is 2.31. The predicted octanol–water partition coefficient (Wildman–Crippen LogP) is 3.19. The van der Waals surface area contributed by atoms with Crippen LogP contribution in [-0.2, 0) is 0 Å². The van der Waals surface area contributed by atoms with E-state index in [4.69, 9.17) is 15.0 Å². The third-order valence-corrected chi connectivity index (χ3v) is 3.21. The van der Waals surface area contributed by atoms with Crippen LogP contribution in [0.25, 0.3) is 0 Å². The Labute approximate surface area is 116 Å². The van der Waals surface area contributed by atoms with Gasteiger partial charge in [0.05, 0.1) is 30.2 Å². The van der Waals surface area contributed by atoms with Gasteiger partial charge in [-0.15, -0.1) is 0 Å². The van der Waals surface area contributed by atoms with Crippen LogP contribution in [0, 0.1) is 19.7 Å². The fourth-order valence-corrected chi connectivity index (χ4v) is 2.27. The molecule has 0 spiro atoms. The Morgan fingerprint density at radius 1 is 1.40 bits per heavy atom. The summed E-state index contributed by atoms with van der Waals surface area (Å²) in [5, 5.41) is 6.98. The minimum absolute atomic E-state index is 0.149. The number of aromatic nitrogens is 1. The quantitative estimate of drug-likeness (QED) is 0.841. The molecule has 2 rings (SSSR count). The van der Waals surface area contributed by atoms with Gasteiger partial charge < -0.3 is 20.3 Å². The van der Waals surface area contributed by atoms with Crippen LogP contribution in [-0.4, -0.2) is 12.3 Å². The number of hydrogen-bond acceptors (Lipinski definition) is 5. The lowest BCUT2D eigenvalue weighted by molar-refractivity contribution is 0.392. The van der Waals surface area contributed by atoms with Crippen molar-refractivity contribution >= 4 is 11.4 Å². The molecule has 0 fully saturated rings. The van der Waals surface area contributed by atoms with Crippen molar-refractivity contribution in [2.24, 2.45) is 0 Å². The Bertz CT molecular complexity index is 606. The van der Waals surface area contributed by atoms with Gasteiger partial charge in [-0.3, -0.25) is 0 Å². The Balaban J connectivity index is 2.30. The van der Waals surface area contributed by atoms with E-state index in [0.29, 0.717) is 17.2 Å². The fourth-order valence-electron chi connectivity index (χ4n) is 2.27. The SMILES string of the molecule is COc1cc(NC(C)c2c(C)noc2C)c(F)cc1N. The number of benzene rings is 1. The van der Waals surface area contributed by atoms with Crippen LogP contribution in [0.2, 0.25) is 0 Å². The van der Waals surface area contributed by atoms with Crippen LogP contribution in [0.3, 0.4) is 0 Å². The molecule has 1 heterocycles. The standard InChI is InChI=1S/C14H18FN3O2/c1-7(14-8(2)18-20-9(14)3)17-12-6-13(19-4)11(16)5-10(12)15/h5-7,17H,16H2,1-4H3. The van der Waals surface area contributed by atoms with Gasteiger partial charge in [0.25, 0.3) is 0 Å². The van der Waals surface area contributed by atoms with Crippen molar-refractivity contribution in [3.8, 4) is 5.75 Å². The third-order valence-electron chi connectivity index (χ3n) is 3.21. The molecule has 0 aliphatic rings. The highest BCUT2D eigenvalue weighted by molar-refractivity contribution is 5.62. The van der Waals surface area contributed by atoms with Crippen molar-refractivity contribution in [1.82, 2.24) is 5.16 Å². The minimum atomic E-state index is -0.429. The van der Waals surface area contributed by atoms with E-state index >= 15 is 0 Å². The minimum Gasteiger partial charge on any atom is -0.495 e. The van der Waals surface area contributed by atoms with Gasteiger partial charge in [-0.25, -0.2) is 4.39 Å². The summed E-state index contributed by atoms with van der Waals surface area (Å²) in [6.45, 7) is 5.59. The van der Waals surface area contributed by atoms with Gasteiger partial charge in [-0.05, 0) is 20.8 Å². The van der Waals surface area contributed by atoms with E-state index in [0.717, 1.165) is 11.3 Å². The number of methoxy groups -OCH3 is 1. The molecule has 20 heavy (non-hydrogen) atoms. The number of hydrogen-bond donors (Lipinski definition) is 2. The molecule has 2 aromatic rings. The molecule has 0 saturated heterocycles. The molecule has 0 aliphatic carbocycles. The number of nitrogens with two attached hydrogens (primary N) is 1. The summed E-state index contributed by atoms with van der Waals surface area (Å²) in [6, 6.07) is 2.63. The largest absolute Gasteiger partial charge is 0.495 e. The molecule has 0 bridgehead atoms. The zero-order chi connectivity index (χ0) is 14.9. The normalized spacial score (nSPS) is 12.2. The van der Waals surface area contributed by atoms with Gasteiger partial charge in [0.2, 0.25) is 0 Å². The van der Waals surface area contributed by atoms with Crippen molar-refractivity contribution < 1.29 is 13.7 Å². The van der Waals surface area contributed by atoms with Crippen molar-refractivity contribution in [2.45, 2.75) is 26.8 Å². The summed E-state index contributed by atoms with van der Waals surface area (Å²) in [5.41, 5.74) is 7.94. The molecule has 108 valence electrons. The molecule has 1 aromatic carbocycles. The molecule has 0 radical (unpaired) electrons. The number of halogens is 1. The van der Waals surface area contributed by atoms with Crippen LogP contribution in [0.15, 0.2) is 16.7 Å². The van der Waals surface area contributed by atoms with Gasteiger partial charge >= 0.3 is 0 Å². The van der Waals surface area contributed by atoms with Crippen LogP contribution in [0.4, 0.5) is 15.8 Å². The van der Waals surface area contributed by atoms with Crippen LogP contribution in [0.5, 0.6) is 5.75 Å². The van der Waals surface area contributed by atoms with Gasteiger partial charge in [0, 0.05) is 17.7 Å². The molecule has 6 heteroatoms. The fraction of sp³-hybridized carbons (Fsp3) is 0.357. The Morgan fingerprint density at radius 3 is 2.65 bits per heavy atom. The lowest BCUT2D eigenvalue weighted by atomic mass is 10.1. The van der Waals surface area contributed by atoms with E-state index in [9.17, 15) is 4.39 Å². The smallest absolute Gasteiger partial charge is 0.148 e. The number of nitrogens with one attached hydrogen (secondary N) is 1. The Kier molecular flexibility index (Phi) is 3.83. The van der Waals surface area contributed by atoms with Gasteiger partial charge in [0.15, 0.2) is 0 Å². The van der Waals surface area contributed by atoms with Crippen molar-refractivity contribution in [3.05, 3.63) is 35.0 Å². The Morgan fingerprint density at radius 2 is 2.10 bits per heavy atom. The first-order chi connectivity index (χ1) is 9.43. The second kappa shape index (κ2) is 5.40. The van der Waals surface area contributed by atoms with Gasteiger partial charge in [-0.2, -0.15) is 0 Å². The van der Waals surface area contributed by atoms with E-state index in [-0.39, 0.29) is 11.7 Å². The maximum absolute atomic E-state index is 13.9. The molecule has 5 nitrogen and oxygen atoms in total. The topological polar surface area (TPSA) is 73.3 Å². The monoisotopic (exact) mass is 279 g/mol. The summed E-state index contributed by atoms with van der Waals surface area (Å²) in [6.07, 6.45) is 0. The third kappa shape index (κ3) is 2.54. The molecule has 1 atom stereocenters. The number of nitrogen functional groups attached to an aromatic ring is 1. The van der Waals surface area contributed by atoms with E-state index in [1.807, 2.05) is 20.8 Å². The van der Waals surface area contributed by atoms with E-state index in [2.05, 4.69) is 10.5 Å². The first kappa shape index (κ1) is 14.2. The summed E-state index contributed by atoms with van der Waals surface area (Å²) < 4.78 is 24.2. The lowest BCUT2D eigenvalue weighted by Crippen LogP contribution is -2.10. The van der Waals surface area contributed by atoms with E-state index in [1.54, 1.807) is 6.07 Å². The molecule has 0 aliphatic heterocycles.